The molecule has 20 heavy (non-hydrogen) atoms. The highest BCUT2D eigenvalue weighted by molar-refractivity contribution is 4.63. The Labute approximate surface area is 124 Å². The van der Waals surface area contributed by atoms with Crippen LogP contribution in [0.2, 0.25) is 0 Å². The van der Waals surface area contributed by atoms with Gasteiger partial charge in [0.05, 0.1) is 18.8 Å². The summed E-state index contributed by atoms with van der Waals surface area (Å²) in [6, 6.07) is 0. The quantitative estimate of drug-likeness (QED) is 0.405. The van der Waals surface area contributed by atoms with Crippen LogP contribution in [0.4, 0.5) is 0 Å². The molecule has 0 fully saturated rings. The largest absolute Gasteiger partial charge is 0.392 e. The zero-order valence-electron chi connectivity index (χ0n) is 13.4. The van der Waals surface area contributed by atoms with Crippen molar-refractivity contribution >= 4 is 0 Å². The minimum absolute atomic E-state index is 0.309. The third kappa shape index (κ3) is 14.3. The second-order valence-corrected chi connectivity index (χ2v) is 5.60. The number of unbranched alkanes of at least 4 members (excludes halogenated alkanes) is 5. The van der Waals surface area contributed by atoms with Crippen LogP contribution in [0, 0.1) is 0 Å². The van der Waals surface area contributed by atoms with Gasteiger partial charge in [0.1, 0.15) is 0 Å². The maximum atomic E-state index is 9.70. The van der Waals surface area contributed by atoms with Crippen LogP contribution in [-0.4, -0.2) is 48.7 Å². The van der Waals surface area contributed by atoms with E-state index in [9.17, 15) is 10.2 Å². The molecule has 0 spiro atoms. The third-order valence-electron chi connectivity index (χ3n) is 3.33. The number of aliphatic hydroxyl groups is 2. The first kappa shape index (κ1) is 19.8. The Morgan fingerprint density at radius 1 is 0.850 bits per heavy atom. The Hall–Kier alpha value is -0.160. The first-order valence-corrected chi connectivity index (χ1v) is 8.35. The molecule has 3 N–H and O–H groups in total. The molecule has 0 aliphatic carbocycles. The van der Waals surface area contributed by atoms with Crippen LogP contribution in [-0.2, 0) is 4.74 Å². The molecule has 0 aliphatic rings. The molecule has 2 atom stereocenters. The topological polar surface area (TPSA) is 61.7 Å². The summed E-state index contributed by atoms with van der Waals surface area (Å²) >= 11 is 0. The predicted molar refractivity (Wildman–Crippen MR) is 84.0 cm³/mol. The van der Waals surface area contributed by atoms with Crippen molar-refractivity contribution < 1.29 is 14.9 Å². The van der Waals surface area contributed by atoms with Crippen LogP contribution >= 0.6 is 0 Å². The Morgan fingerprint density at radius 3 is 2.20 bits per heavy atom. The van der Waals surface area contributed by atoms with E-state index in [2.05, 4.69) is 12.2 Å². The fourth-order valence-electron chi connectivity index (χ4n) is 2.11. The van der Waals surface area contributed by atoms with E-state index in [1.54, 1.807) is 0 Å². The summed E-state index contributed by atoms with van der Waals surface area (Å²) in [7, 11) is 0. The fourth-order valence-corrected chi connectivity index (χ4v) is 2.11. The number of rotatable bonds is 15. The van der Waals surface area contributed by atoms with E-state index in [1.807, 2.05) is 6.92 Å². The van der Waals surface area contributed by atoms with Crippen LogP contribution in [0.1, 0.15) is 65.2 Å². The summed E-state index contributed by atoms with van der Waals surface area (Å²) in [5.41, 5.74) is 0. The van der Waals surface area contributed by atoms with Crippen LogP contribution < -0.4 is 5.32 Å². The molecular weight excluding hydrogens is 254 g/mol. The zero-order valence-corrected chi connectivity index (χ0v) is 13.4. The molecule has 4 heteroatoms. The number of aliphatic hydroxyl groups excluding tert-OH is 2. The summed E-state index contributed by atoms with van der Waals surface area (Å²) in [4.78, 5) is 0. The van der Waals surface area contributed by atoms with Crippen molar-refractivity contribution in [3.8, 4) is 0 Å². The van der Waals surface area contributed by atoms with E-state index in [4.69, 9.17) is 4.74 Å². The molecule has 0 aromatic carbocycles. The summed E-state index contributed by atoms with van der Waals surface area (Å²) in [6.45, 7) is 6.42. The van der Waals surface area contributed by atoms with Crippen molar-refractivity contribution in [3.63, 3.8) is 0 Å². The van der Waals surface area contributed by atoms with Crippen molar-refractivity contribution in [1.82, 2.24) is 5.32 Å². The van der Waals surface area contributed by atoms with Crippen LogP contribution in [0.3, 0.4) is 0 Å². The molecule has 0 radical (unpaired) electrons. The van der Waals surface area contributed by atoms with Gasteiger partial charge in [-0.3, -0.25) is 0 Å². The van der Waals surface area contributed by atoms with E-state index in [0.29, 0.717) is 19.7 Å². The average Bonchev–Trinajstić information content (AvgIpc) is 2.42. The summed E-state index contributed by atoms with van der Waals surface area (Å²) in [6.07, 6.45) is 8.51. The highest BCUT2D eigenvalue weighted by atomic mass is 16.5. The minimum atomic E-state index is -0.482. The molecule has 122 valence electrons. The smallest absolute Gasteiger partial charge is 0.0897 e. The van der Waals surface area contributed by atoms with Gasteiger partial charge >= 0.3 is 0 Å². The summed E-state index contributed by atoms with van der Waals surface area (Å²) in [5, 5.41) is 22.3. The Bertz CT molecular complexity index is 191. The molecule has 0 saturated carbocycles. The van der Waals surface area contributed by atoms with Gasteiger partial charge in [-0.2, -0.15) is 0 Å². The standard InChI is InChI=1S/C16H35NO3/c1-3-5-6-7-8-9-11-20-14-16(19)13-17-12-15(18)10-4-2/h15-19H,3-14H2,1-2H3. The normalized spacial score (nSPS) is 14.4. The first-order valence-electron chi connectivity index (χ1n) is 8.35. The maximum Gasteiger partial charge on any atom is 0.0897 e. The molecule has 0 amide bonds. The van der Waals surface area contributed by atoms with Crippen LogP contribution in [0.5, 0.6) is 0 Å². The second-order valence-electron chi connectivity index (χ2n) is 5.60. The Kier molecular flexibility index (Phi) is 15.1. The lowest BCUT2D eigenvalue weighted by Gasteiger charge is -2.14. The van der Waals surface area contributed by atoms with Crippen molar-refractivity contribution in [3.05, 3.63) is 0 Å². The van der Waals surface area contributed by atoms with Gasteiger partial charge in [-0.25, -0.2) is 0 Å². The molecular formula is C16H35NO3. The van der Waals surface area contributed by atoms with Crippen molar-refractivity contribution in [2.24, 2.45) is 0 Å². The molecule has 0 aromatic heterocycles. The van der Waals surface area contributed by atoms with Gasteiger partial charge in [0.2, 0.25) is 0 Å². The highest BCUT2D eigenvalue weighted by Crippen LogP contribution is 2.04. The lowest BCUT2D eigenvalue weighted by molar-refractivity contribution is 0.0336. The number of ether oxygens (including phenoxy) is 1. The molecule has 2 unspecified atom stereocenters. The predicted octanol–water partition coefficient (Wildman–Crippen LogP) is 2.48. The van der Waals surface area contributed by atoms with Crippen LogP contribution in [0.25, 0.3) is 0 Å². The lowest BCUT2D eigenvalue weighted by atomic mass is 10.1. The number of hydrogen-bond acceptors (Lipinski definition) is 4. The number of nitrogens with one attached hydrogen (secondary N) is 1. The van der Waals surface area contributed by atoms with Gasteiger partial charge in [0.15, 0.2) is 0 Å². The third-order valence-corrected chi connectivity index (χ3v) is 3.33. The second kappa shape index (κ2) is 15.2. The molecule has 0 rings (SSSR count). The molecule has 0 heterocycles. The number of hydrogen-bond donors (Lipinski definition) is 3. The highest BCUT2D eigenvalue weighted by Gasteiger charge is 2.06. The van der Waals surface area contributed by atoms with E-state index >= 15 is 0 Å². The van der Waals surface area contributed by atoms with E-state index < -0.39 is 6.10 Å². The average molecular weight is 289 g/mol. The van der Waals surface area contributed by atoms with Gasteiger partial charge in [0, 0.05) is 19.7 Å². The van der Waals surface area contributed by atoms with E-state index in [0.717, 1.165) is 25.9 Å². The molecule has 0 aromatic rings. The van der Waals surface area contributed by atoms with Crippen molar-refractivity contribution in [2.45, 2.75) is 77.4 Å². The maximum absolute atomic E-state index is 9.70. The molecule has 0 saturated heterocycles. The Balaban J connectivity index is 3.22. The molecule has 0 aliphatic heterocycles. The van der Waals surface area contributed by atoms with E-state index in [-0.39, 0.29) is 6.10 Å². The Morgan fingerprint density at radius 2 is 1.50 bits per heavy atom. The van der Waals surface area contributed by atoms with Gasteiger partial charge in [-0.05, 0) is 12.8 Å². The van der Waals surface area contributed by atoms with Crippen LogP contribution in [0.15, 0.2) is 0 Å². The van der Waals surface area contributed by atoms with Crippen molar-refractivity contribution in [2.75, 3.05) is 26.3 Å². The van der Waals surface area contributed by atoms with Gasteiger partial charge < -0.3 is 20.3 Å². The summed E-state index contributed by atoms with van der Waals surface area (Å²) < 4.78 is 5.45. The lowest BCUT2D eigenvalue weighted by Crippen LogP contribution is -2.35. The molecule has 0 bridgehead atoms. The fraction of sp³-hybridized carbons (Fsp3) is 1.00. The first-order chi connectivity index (χ1) is 9.70. The summed E-state index contributed by atoms with van der Waals surface area (Å²) in [5.74, 6) is 0. The van der Waals surface area contributed by atoms with Gasteiger partial charge in [-0.1, -0.05) is 52.4 Å². The SMILES string of the molecule is CCCCCCCCOCC(O)CNCC(O)CCC. The van der Waals surface area contributed by atoms with Gasteiger partial charge in [-0.15, -0.1) is 0 Å². The minimum Gasteiger partial charge on any atom is -0.392 e. The molecule has 4 nitrogen and oxygen atoms in total. The van der Waals surface area contributed by atoms with Gasteiger partial charge in [0.25, 0.3) is 0 Å². The monoisotopic (exact) mass is 289 g/mol. The van der Waals surface area contributed by atoms with E-state index in [1.165, 1.54) is 32.1 Å². The van der Waals surface area contributed by atoms with Crippen molar-refractivity contribution in [1.29, 1.82) is 0 Å². The zero-order chi connectivity index (χ0) is 15.1.